The first-order valence-electron chi connectivity index (χ1n) is 3.12. The van der Waals surface area contributed by atoms with Crippen LogP contribution in [0.2, 0.25) is 0 Å². The second kappa shape index (κ2) is 4.79. The summed E-state index contributed by atoms with van der Waals surface area (Å²) in [7, 11) is 0. The molecule has 0 saturated carbocycles. The summed E-state index contributed by atoms with van der Waals surface area (Å²) in [5.74, 6) is 2.55. The minimum atomic E-state index is 0. The highest BCUT2D eigenvalue weighted by Gasteiger charge is 1.88. The Morgan fingerprint density at radius 2 is 2.18 bits per heavy atom. The van der Waals surface area contributed by atoms with Gasteiger partial charge in [0.05, 0.1) is 0 Å². The Bertz CT molecular complexity index is 263. The molecule has 2 heteroatoms. The molecule has 1 aromatic rings. The van der Waals surface area contributed by atoms with Gasteiger partial charge in [-0.25, -0.2) is 0 Å². The van der Waals surface area contributed by atoms with Gasteiger partial charge in [0.15, 0.2) is 0 Å². The van der Waals surface area contributed by atoms with Crippen LogP contribution in [-0.4, -0.2) is 0 Å². The zero-order valence-corrected chi connectivity index (χ0v) is 6.90. The Balaban J connectivity index is 0.000001000. The average molecular weight is 168 g/mol. The summed E-state index contributed by atoms with van der Waals surface area (Å²) in [6.45, 7) is 0.551. The van der Waals surface area contributed by atoms with E-state index in [0.29, 0.717) is 6.54 Å². The standard InChI is InChI=1S/C9H9N.ClH/c1-2-8-4-3-5-9(6-8)7-10;/h1,3-6H,7,10H2;1H. The van der Waals surface area contributed by atoms with E-state index in [1.54, 1.807) is 0 Å². The number of terminal acetylenes is 1. The number of benzene rings is 1. The maximum Gasteiger partial charge on any atom is 0.0245 e. The predicted molar refractivity (Wildman–Crippen MR) is 49.5 cm³/mol. The number of nitrogens with two attached hydrogens (primary N) is 1. The maximum atomic E-state index is 5.40. The Morgan fingerprint density at radius 1 is 1.45 bits per heavy atom. The van der Waals surface area contributed by atoms with Crippen LogP contribution < -0.4 is 5.73 Å². The van der Waals surface area contributed by atoms with E-state index in [-0.39, 0.29) is 12.4 Å². The maximum absolute atomic E-state index is 5.40. The molecule has 0 spiro atoms. The van der Waals surface area contributed by atoms with Crippen molar-refractivity contribution in [1.29, 1.82) is 0 Å². The molecule has 0 fully saturated rings. The van der Waals surface area contributed by atoms with Crippen molar-refractivity contribution in [1.82, 2.24) is 0 Å². The van der Waals surface area contributed by atoms with Crippen molar-refractivity contribution in [3.63, 3.8) is 0 Å². The van der Waals surface area contributed by atoms with Crippen LogP contribution in [0, 0.1) is 12.3 Å². The van der Waals surface area contributed by atoms with Gasteiger partial charge in [-0.1, -0.05) is 18.1 Å². The Kier molecular flexibility index (Phi) is 4.36. The molecule has 0 amide bonds. The van der Waals surface area contributed by atoms with Crippen LogP contribution in [-0.2, 0) is 6.54 Å². The van der Waals surface area contributed by atoms with Crippen LogP contribution in [0.5, 0.6) is 0 Å². The van der Waals surface area contributed by atoms with E-state index in [1.807, 2.05) is 24.3 Å². The minimum absolute atomic E-state index is 0. The third-order valence-electron chi connectivity index (χ3n) is 1.33. The molecule has 0 aliphatic carbocycles. The molecule has 0 unspecified atom stereocenters. The van der Waals surface area contributed by atoms with Gasteiger partial charge in [-0.2, -0.15) is 0 Å². The van der Waals surface area contributed by atoms with Crippen LogP contribution in [0.25, 0.3) is 0 Å². The van der Waals surface area contributed by atoms with Crippen molar-refractivity contribution in [3.05, 3.63) is 35.4 Å². The smallest absolute Gasteiger partial charge is 0.0245 e. The van der Waals surface area contributed by atoms with Gasteiger partial charge >= 0.3 is 0 Å². The molecule has 0 atom stereocenters. The molecule has 2 N–H and O–H groups in total. The lowest BCUT2D eigenvalue weighted by atomic mass is 10.1. The highest BCUT2D eigenvalue weighted by Crippen LogP contribution is 2.01. The highest BCUT2D eigenvalue weighted by molar-refractivity contribution is 5.85. The number of rotatable bonds is 1. The zero-order valence-electron chi connectivity index (χ0n) is 6.08. The van der Waals surface area contributed by atoms with Crippen molar-refractivity contribution in [2.45, 2.75) is 6.54 Å². The molecule has 0 saturated heterocycles. The summed E-state index contributed by atoms with van der Waals surface area (Å²) in [5, 5.41) is 0. The molecule has 1 aromatic carbocycles. The largest absolute Gasteiger partial charge is 0.326 e. The van der Waals surface area contributed by atoms with Crippen LogP contribution in [0.4, 0.5) is 0 Å². The van der Waals surface area contributed by atoms with Gasteiger partial charge in [-0.05, 0) is 17.7 Å². The van der Waals surface area contributed by atoms with E-state index >= 15 is 0 Å². The topological polar surface area (TPSA) is 26.0 Å². The molecule has 0 aliphatic rings. The third-order valence-corrected chi connectivity index (χ3v) is 1.33. The third kappa shape index (κ3) is 2.63. The molecule has 58 valence electrons. The Labute approximate surface area is 73.0 Å². The van der Waals surface area contributed by atoms with Gasteiger partial charge in [0.2, 0.25) is 0 Å². The molecule has 0 aromatic heterocycles. The first-order chi connectivity index (χ1) is 4.86. The van der Waals surface area contributed by atoms with E-state index in [2.05, 4.69) is 5.92 Å². The van der Waals surface area contributed by atoms with Gasteiger partial charge in [-0.3, -0.25) is 0 Å². The first kappa shape index (κ1) is 10.0. The summed E-state index contributed by atoms with van der Waals surface area (Å²) in [4.78, 5) is 0. The normalized spacial score (nSPS) is 8.00. The lowest BCUT2D eigenvalue weighted by Crippen LogP contribution is -1.95. The number of hydrogen-bond acceptors (Lipinski definition) is 1. The number of halogens is 1. The molecule has 0 aliphatic heterocycles. The van der Waals surface area contributed by atoms with Crippen LogP contribution in [0.3, 0.4) is 0 Å². The number of hydrogen-bond donors (Lipinski definition) is 1. The van der Waals surface area contributed by atoms with Crippen LogP contribution in [0.15, 0.2) is 24.3 Å². The average Bonchev–Trinajstić information content (AvgIpc) is 2.05. The van der Waals surface area contributed by atoms with Crippen molar-refractivity contribution < 1.29 is 0 Å². The molecule has 1 nitrogen and oxygen atoms in total. The zero-order chi connectivity index (χ0) is 7.40. The molecule has 0 radical (unpaired) electrons. The summed E-state index contributed by atoms with van der Waals surface area (Å²) >= 11 is 0. The van der Waals surface area contributed by atoms with E-state index in [9.17, 15) is 0 Å². The molecule has 1 rings (SSSR count). The quantitative estimate of drug-likeness (QED) is 0.632. The molecule has 11 heavy (non-hydrogen) atoms. The predicted octanol–water partition coefficient (Wildman–Crippen LogP) is 1.55. The lowest BCUT2D eigenvalue weighted by Gasteiger charge is -1.94. The van der Waals surface area contributed by atoms with Gasteiger partial charge in [-0.15, -0.1) is 18.8 Å². The fraction of sp³-hybridized carbons (Fsp3) is 0.111. The monoisotopic (exact) mass is 167 g/mol. The van der Waals surface area contributed by atoms with E-state index in [4.69, 9.17) is 12.2 Å². The fourth-order valence-electron chi connectivity index (χ4n) is 0.788. The molecular weight excluding hydrogens is 158 g/mol. The van der Waals surface area contributed by atoms with Crippen LogP contribution in [0.1, 0.15) is 11.1 Å². The summed E-state index contributed by atoms with van der Waals surface area (Å²) in [6.07, 6.45) is 5.18. The second-order valence-corrected chi connectivity index (χ2v) is 2.05. The van der Waals surface area contributed by atoms with Gasteiger partial charge in [0.1, 0.15) is 0 Å². The lowest BCUT2D eigenvalue weighted by molar-refractivity contribution is 1.07. The molecule has 0 bridgehead atoms. The van der Waals surface area contributed by atoms with Gasteiger partial charge < -0.3 is 5.73 Å². The van der Waals surface area contributed by atoms with Crippen LogP contribution >= 0.6 is 12.4 Å². The van der Waals surface area contributed by atoms with Crippen molar-refractivity contribution in [2.24, 2.45) is 5.73 Å². The molecular formula is C9H10ClN. The fourth-order valence-corrected chi connectivity index (χ4v) is 0.788. The van der Waals surface area contributed by atoms with Crippen molar-refractivity contribution in [3.8, 4) is 12.3 Å². The summed E-state index contributed by atoms with van der Waals surface area (Å²) < 4.78 is 0. The molecule has 0 heterocycles. The van der Waals surface area contributed by atoms with E-state index in [1.165, 1.54) is 0 Å². The SMILES string of the molecule is C#Cc1cccc(CN)c1.Cl. The Morgan fingerprint density at radius 3 is 2.73 bits per heavy atom. The van der Waals surface area contributed by atoms with Crippen molar-refractivity contribution in [2.75, 3.05) is 0 Å². The minimum Gasteiger partial charge on any atom is -0.326 e. The van der Waals surface area contributed by atoms with Crippen molar-refractivity contribution >= 4 is 12.4 Å². The second-order valence-electron chi connectivity index (χ2n) is 2.05. The van der Waals surface area contributed by atoms with E-state index in [0.717, 1.165) is 11.1 Å². The first-order valence-corrected chi connectivity index (χ1v) is 3.12. The highest BCUT2D eigenvalue weighted by atomic mass is 35.5. The van der Waals surface area contributed by atoms with Gasteiger partial charge in [0.25, 0.3) is 0 Å². The Hall–Kier alpha value is -0.970. The summed E-state index contributed by atoms with van der Waals surface area (Å²) in [5.41, 5.74) is 7.38. The van der Waals surface area contributed by atoms with E-state index < -0.39 is 0 Å². The van der Waals surface area contributed by atoms with Gasteiger partial charge in [0, 0.05) is 12.1 Å². The summed E-state index contributed by atoms with van der Waals surface area (Å²) in [6, 6.07) is 7.68.